The van der Waals surface area contributed by atoms with E-state index in [9.17, 15) is 9.59 Å². The van der Waals surface area contributed by atoms with Gasteiger partial charge in [-0.05, 0) is 41.5 Å². The van der Waals surface area contributed by atoms with Gasteiger partial charge in [-0.25, -0.2) is 4.68 Å². The summed E-state index contributed by atoms with van der Waals surface area (Å²) in [6, 6.07) is 15.4. The van der Waals surface area contributed by atoms with Crippen LogP contribution in [0, 0.1) is 5.92 Å². The van der Waals surface area contributed by atoms with E-state index in [4.69, 9.17) is 0 Å². The van der Waals surface area contributed by atoms with Crippen LogP contribution in [0.5, 0.6) is 0 Å². The maximum absolute atomic E-state index is 13.0. The van der Waals surface area contributed by atoms with Crippen LogP contribution in [0.1, 0.15) is 24.9 Å². The maximum atomic E-state index is 13.0. The molecule has 2 unspecified atom stereocenters. The van der Waals surface area contributed by atoms with Crippen molar-refractivity contribution in [3.63, 3.8) is 0 Å². The van der Waals surface area contributed by atoms with Gasteiger partial charge in [-0.15, -0.1) is 11.3 Å². The number of benzene rings is 1. The van der Waals surface area contributed by atoms with Gasteiger partial charge in [0.1, 0.15) is 5.69 Å². The van der Waals surface area contributed by atoms with Crippen molar-refractivity contribution in [3.05, 3.63) is 76.0 Å². The van der Waals surface area contributed by atoms with Gasteiger partial charge in [0.15, 0.2) is 0 Å². The van der Waals surface area contributed by atoms with Crippen LogP contribution in [0.15, 0.2) is 64.9 Å². The number of hydrogen-bond donors (Lipinski definition) is 1. The Kier molecular flexibility index (Phi) is 5.19. The normalized spacial score (nSPS) is 19.1. The molecule has 5 rings (SSSR count). The Bertz CT molecular complexity index is 1270. The Balaban J connectivity index is 1.31. The van der Waals surface area contributed by atoms with E-state index in [0.717, 1.165) is 33.5 Å². The number of thiophene rings is 1. The Morgan fingerprint density at radius 3 is 2.87 bits per heavy atom. The average molecular weight is 433 g/mol. The van der Waals surface area contributed by atoms with Crippen LogP contribution >= 0.6 is 11.3 Å². The summed E-state index contributed by atoms with van der Waals surface area (Å²) in [7, 11) is 0. The molecule has 7 heteroatoms. The summed E-state index contributed by atoms with van der Waals surface area (Å²) in [5.41, 5.74) is 2.81. The quantitative estimate of drug-likeness (QED) is 0.528. The molecule has 0 radical (unpaired) electrons. The Morgan fingerprint density at radius 1 is 1.19 bits per heavy atom. The second-order valence-corrected chi connectivity index (χ2v) is 9.14. The number of aromatic nitrogens is 3. The number of para-hydroxylation sites is 1. The number of H-pyrrole nitrogens is 1. The van der Waals surface area contributed by atoms with E-state index in [1.807, 2.05) is 52.9 Å². The van der Waals surface area contributed by atoms with Crippen LogP contribution < -0.4 is 5.56 Å². The highest BCUT2D eigenvalue weighted by atomic mass is 32.1. The first-order valence-corrected chi connectivity index (χ1v) is 11.4. The van der Waals surface area contributed by atoms with Gasteiger partial charge in [0.05, 0.1) is 17.3 Å². The van der Waals surface area contributed by atoms with Crippen LogP contribution in [0.2, 0.25) is 0 Å². The highest BCUT2D eigenvalue weighted by Crippen LogP contribution is 2.29. The molecule has 6 nitrogen and oxygen atoms in total. The molecule has 0 aliphatic carbocycles. The van der Waals surface area contributed by atoms with E-state index in [1.54, 1.807) is 28.2 Å². The molecule has 3 aromatic heterocycles. The fraction of sp³-hybridized carbons (Fsp3) is 0.292. The molecule has 2 atom stereocenters. The number of amides is 1. The Hall–Kier alpha value is -3.19. The number of fused-ring (bicyclic) bond motifs is 1. The first kappa shape index (κ1) is 19.8. The van der Waals surface area contributed by atoms with Crippen molar-refractivity contribution in [1.82, 2.24) is 19.7 Å². The van der Waals surface area contributed by atoms with Crippen molar-refractivity contribution in [1.29, 1.82) is 0 Å². The van der Waals surface area contributed by atoms with Gasteiger partial charge in [0.2, 0.25) is 5.91 Å². The molecule has 1 amide bonds. The standard InChI is InChI=1S/C24H24N4O2S/c1-16-15-27(24(30)13-17-14-25-19-6-3-2-5-18(17)19)11-10-21(16)28-23(29)9-8-20(26-28)22-7-4-12-31-22/h2-9,12,14,16,21,25H,10-11,13,15H2,1H3. The average Bonchev–Trinajstić information content (AvgIpc) is 3.45. The van der Waals surface area contributed by atoms with Crippen LogP contribution in [0.4, 0.5) is 0 Å². The summed E-state index contributed by atoms with van der Waals surface area (Å²) in [6.45, 7) is 3.36. The first-order valence-electron chi connectivity index (χ1n) is 10.6. The summed E-state index contributed by atoms with van der Waals surface area (Å²) in [4.78, 5) is 31.8. The fourth-order valence-corrected chi connectivity index (χ4v) is 5.18. The van der Waals surface area contributed by atoms with Gasteiger partial charge < -0.3 is 9.88 Å². The van der Waals surface area contributed by atoms with Crippen LogP contribution in [0.25, 0.3) is 21.5 Å². The maximum Gasteiger partial charge on any atom is 0.267 e. The lowest BCUT2D eigenvalue weighted by Crippen LogP contribution is -2.46. The lowest BCUT2D eigenvalue weighted by Gasteiger charge is -2.37. The largest absolute Gasteiger partial charge is 0.361 e. The van der Waals surface area contributed by atoms with E-state index < -0.39 is 0 Å². The number of hydrogen-bond acceptors (Lipinski definition) is 4. The number of piperidine rings is 1. The van der Waals surface area contributed by atoms with Crippen LogP contribution in [-0.4, -0.2) is 38.7 Å². The van der Waals surface area contributed by atoms with Gasteiger partial charge in [-0.1, -0.05) is 31.2 Å². The van der Waals surface area contributed by atoms with Crippen molar-refractivity contribution in [2.45, 2.75) is 25.8 Å². The molecule has 0 bridgehead atoms. The van der Waals surface area contributed by atoms with Gasteiger partial charge in [-0.3, -0.25) is 9.59 Å². The molecule has 1 saturated heterocycles. The molecule has 0 saturated carbocycles. The third-order valence-corrected chi connectivity index (χ3v) is 7.03. The molecule has 0 spiro atoms. The number of carbonyl (C=O) groups is 1. The van der Waals surface area contributed by atoms with E-state index in [1.165, 1.54) is 0 Å². The lowest BCUT2D eigenvalue weighted by atomic mass is 9.93. The number of nitrogens with one attached hydrogen (secondary N) is 1. The van der Waals surface area contributed by atoms with Crippen LogP contribution in [0.3, 0.4) is 0 Å². The molecule has 1 N–H and O–H groups in total. The van der Waals surface area contributed by atoms with E-state index >= 15 is 0 Å². The minimum atomic E-state index is -0.0873. The number of likely N-dealkylation sites (tertiary alicyclic amines) is 1. The Morgan fingerprint density at radius 2 is 2.06 bits per heavy atom. The molecule has 31 heavy (non-hydrogen) atoms. The van der Waals surface area contributed by atoms with E-state index in [2.05, 4.69) is 17.0 Å². The summed E-state index contributed by atoms with van der Waals surface area (Å²) in [6.07, 6.45) is 3.04. The number of rotatable bonds is 4. The minimum absolute atomic E-state index is 0.00967. The number of carbonyl (C=O) groups excluding carboxylic acids is 1. The van der Waals surface area contributed by atoms with Gasteiger partial charge in [-0.2, -0.15) is 5.10 Å². The summed E-state index contributed by atoms with van der Waals surface area (Å²) >= 11 is 1.61. The van der Waals surface area contributed by atoms with Crippen molar-refractivity contribution in [2.24, 2.45) is 5.92 Å². The minimum Gasteiger partial charge on any atom is -0.361 e. The smallest absolute Gasteiger partial charge is 0.267 e. The molecule has 1 fully saturated rings. The van der Waals surface area contributed by atoms with Crippen molar-refractivity contribution in [3.8, 4) is 10.6 Å². The molecule has 1 aliphatic heterocycles. The second kappa shape index (κ2) is 8.15. The predicted molar refractivity (Wildman–Crippen MR) is 123 cm³/mol. The topological polar surface area (TPSA) is 71.0 Å². The van der Waals surface area contributed by atoms with Gasteiger partial charge in [0, 0.05) is 36.3 Å². The zero-order chi connectivity index (χ0) is 21.4. The van der Waals surface area contributed by atoms with Gasteiger partial charge in [0.25, 0.3) is 5.56 Å². The monoisotopic (exact) mass is 432 g/mol. The molecule has 4 aromatic rings. The molecular formula is C24H24N4O2S. The zero-order valence-corrected chi connectivity index (χ0v) is 18.1. The van der Waals surface area contributed by atoms with Crippen molar-refractivity contribution >= 4 is 28.1 Å². The number of nitrogens with zero attached hydrogens (tertiary/aromatic N) is 3. The molecular weight excluding hydrogens is 408 g/mol. The third-order valence-electron chi connectivity index (χ3n) is 6.14. The van der Waals surface area contributed by atoms with Crippen LogP contribution in [-0.2, 0) is 11.2 Å². The van der Waals surface area contributed by atoms with E-state index in [-0.39, 0.29) is 23.4 Å². The van der Waals surface area contributed by atoms with E-state index in [0.29, 0.717) is 19.5 Å². The predicted octanol–water partition coefficient (Wildman–Crippen LogP) is 4.11. The van der Waals surface area contributed by atoms with Crippen molar-refractivity contribution in [2.75, 3.05) is 13.1 Å². The highest BCUT2D eigenvalue weighted by Gasteiger charge is 2.31. The second-order valence-electron chi connectivity index (χ2n) is 8.19. The lowest BCUT2D eigenvalue weighted by molar-refractivity contribution is -0.132. The highest BCUT2D eigenvalue weighted by molar-refractivity contribution is 7.13. The molecule has 1 aliphatic rings. The van der Waals surface area contributed by atoms with Gasteiger partial charge >= 0.3 is 0 Å². The molecule has 1 aromatic carbocycles. The fourth-order valence-electron chi connectivity index (χ4n) is 4.49. The molecule has 158 valence electrons. The SMILES string of the molecule is CC1CN(C(=O)Cc2c[nH]c3ccccc23)CCC1n1nc(-c2cccs2)ccc1=O. The summed E-state index contributed by atoms with van der Waals surface area (Å²) in [5.74, 6) is 0.271. The molecule has 4 heterocycles. The zero-order valence-electron chi connectivity index (χ0n) is 17.3. The number of aromatic amines is 1. The van der Waals surface area contributed by atoms with Crippen molar-refractivity contribution < 1.29 is 4.79 Å². The summed E-state index contributed by atoms with van der Waals surface area (Å²) in [5, 5.41) is 7.76. The third kappa shape index (κ3) is 3.81. The first-order chi connectivity index (χ1) is 15.1. The summed E-state index contributed by atoms with van der Waals surface area (Å²) < 4.78 is 1.63. The Labute approximate surface area is 184 Å².